The van der Waals surface area contributed by atoms with Crippen LogP contribution in [0.4, 0.5) is 5.69 Å². The summed E-state index contributed by atoms with van der Waals surface area (Å²) in [6.45, 7) is 6.16. The van der Waals surface area contributed by atoms with E-state index in [1.165, 1.54) is 11.3 Å². The predicted molar refractivity (Wildman–Crippen MR) is 68.8 cm³/mol. The van der Waals surface area contributed by atoms with E-state index in [2.05, 4.69) is 17.9 Å². The first kappa shape index (κ1) is 10.4. The minimum atomic E-state index is -0.268. The van der Waals surface area contributed by atoms with Gasteiger partial charge < -0.3 is 9.32 Å². The standard InChI is InChI=1S/C14H15NO2/c1-3-15-5-4-10-7-11-9(2)6-14(16)17-13(11)8-12(10)15/h6-8H,3-5H2,1-2H3. The van der Waals surface area contributed by atoms with E-state index in [0.29, 0.717) is 5.58 Å². The Morgan fingerprint density at radius 2 is 2.18 bits per heavy atom. The molecular weight excluding hydrogens is 214 g/mol. The van der Waals surface area contributed by atoms with Crippen LogP contribution in [0.15, 0.2) is 27.4 Å². The summed E-state index contributed by atoms with van der Waals surface area (Å²) < 4.78 is 5.28. The van der Waals surface area contributed by atoms with Crippen molar-refractivity contribution in [1.82, 2.24) is 0 Å². The Balaban J connectivity index is 2.31. The molecule has 3 rings (SSSR count). The van der Waals surface area contributed by atoms with Crippen LogP contribution in [0.5, 0.6) is 0 Å². The Labute approximate surface area is 99.7 Å². The van der Waals surface area contributed by atoms with Crippen molar-refractivity contribution >= 4 is 16.7 Å². The van der Waals surface area contributed by atoms with Gasteiger partial charge in [0, 0.05) is 36.3 Å². The van der Waals surface area contributed by atoms with E-state index in [1.807, 2.05) is 13.0 Å². The highest BCUT2D eigenvalue weighted by molar-refractivity contribution is 5.86. The van der Waals surface area contributed by atoms with Crippen LogP contribution in [0.1, 0.15) is 18.1 Å². The van der Waals surface area contributed by atoms with Gasteiger partial charge in [-0.3, -0.25) is 0 Å². The Morgan fingerprint density at radius 1 is 1.35 bits per heavy atom. The second-order valence-electron chi connectivity index (χ2n) is 4.56. The minimum absolute atomic E-state index is 0.268. The van der Waals surface area contributed by atoms with Crippen molar-refractivity contribution < 1.29 is 4.42 Å². The van der Waals surface area contributed by atoms with E-state index in [4.69, 9.17) is 4.42 Å². The summed E-state index contributed by atoms with van der Waals surface area (Å²) in [5, 5.41) is 1.06. The SMILES string of the molecule is CCN1CCc2cc3c(C)cc(=O)oc3cc21. The van der Waals surface area contributed by atoms with Crippen molar-refractivity contribution in [3.63, 3.8) is 0 Å². The molecule has 0 fully saturated rings. The fourth-order valence-electron chi connectivity index (χ4n) is 2.60. The number of hydrogen-bond acceptors (Lipinski definition) is 3. The van der Waals surface area contributed by atoms with E-state index >= 15 is 0 Å². The van der Waals surface area contributed by atoms with Gasteiger partial charge in [0.1, 0.15) is 5.58 Å². The van der Waals surface area contributed by atoms with Gasteiger partial charge in [0.05, 0.1) is 0 Å². The number of rotatable bonds is 1. The molecule has 0 saturated heterocycles. The van der Waals surface area contributed by atoms with Crippen LogP contribution in [0, 0.1) is 6.92 Å². The van der Waals surface area contributed by atoms with Gasteiger partial charge in [0.15, 0.2) is 0 Å². The molecule has 1 aromatic heterocycles. The number of anilines is 1. The summed E-state index contributed by atoms with van der Waals surface area (Å²) in [6.07, 6.45) is 1.08. The number of aryl methyl sites for hydroxylation is 1. The predicted octanol–water partition coefficient (Wildman–Crippen LogP) is 2.48. The molecule has 0 spiro atoms. The molecule has 2 heterocycles. The van der Waals surface area contributed by atoms with Crippen LogP contribution < -0.4 is 10.5 Å². The van der Waals surface area contributed by atoms with Crippen molar-refractivity contribution in [2.24, 2.45) is 0 Å². The third kappa shape index (κ3) is 1.54. The summed E-state index contributed by atoms with van der Waals surface area (Å²) in [5.41, 5.74) is 4.00. The molecule has 2 aromatic rings. The van der Waals surface area contributed by atoms with E-state index in [1.54, 1.807) is 6.07 Å². The Morgan fingerprint density at radius 3 is 2.94 bits per heavy atom. The zero-order chi connectivity index (χ0) is 12.0. The van der Waals surface area contributed by atoms with Crippen molar-refractivity contribution in [1.29, 1.82) is 0 Å². The summed E-state index contributed by atoms with van der Waals surface area (Å²) in [7, 11) is 0. The molecular formula is C14H15NO2. The van der Waals surface area contributed by atoms with Crippen molar-refractivity contribution in [3.05, 3.63) is 39.7 Å². The molecule has 0 aliphatic carbocycles. The van der Waals surface area contributed by atoms with Crippen LogP contribution >= 0.6 is 0 Å². The molecule has 0 amide bonds. The molecule has 0 atom stereocenters. The smallest absolute Gasteiger partial charge is 0.336 e. The van der Waals surface area contributed by atoms with E-state index in [9.17, 15) is 4.79 Å². The third-order valence-corrected chi connectivity index (χ3v) is 3.52. The van der Waals surface area contributed by atoms with E-state index in [0.717, 1.165) is 30.5 Å². The molecule has 0 bridgehead atoms. The van der Waals surface area contributed by atoms with Crippen LogP contribution in [0.3, 0.4) is 0 Å². The first-order chi connectivity index (χ1) is 8.19. The maximum Gasteiger partial charge on any atom is 0.336 e. The number of benzene rings is 1. The lowest BCUT2D eigenvalue weighted by molar-refractivity contribution is 0.560. The van der Waals surface area contributed by atoms with Crippen LogP contribution in [-0.2, 0) is 6.42 Å². The number of nitrogens with zero attached hydrogens (tertiary/aromatic N) is 1. The normalized spacial score (nSPS) is 14.4. The van der Waals surface area contributed by atoms with Crippen molar-refractivity contribution in [2.75, 3.05) is 18.0 Å². The molecule has 1 aliphatic heterocycles. The molecule has 3 nitrogen and oxygen atoms in total. The molecule has 0 saturated carbocycles. The highest BCUT2D eigenvalue weighted by atomic mass is 16.4. The Bertz CT molecular complexity index is 642. The third-order valence-electron chi connectivity index (χ3n) is 3.52. The Hall–Kier alpha value is -1.77. The molecule has 3 heteroatoms. The van der Waals surface area contributed by atoms with Crippen molar-refractivity contribution in [3.8, 4) is 0 Å². The number of likely N-dealkylation sites (N-methyl/N-ethyl adjacent to an activating group) is 1. The van der Waals surface area contributed by atoms with E-state index in [-0.39, 0.29) is 5.63 Å². The zero-order valence-corrected chi connectivity index (χ0v) is 10.1. The maximum absolute atomic E-state index is 11.4. The minimum Gasteiger partial charge on any atom is -0.423 e. The topological polar surface area (TPSA) is 33.5 Å². The van der Waals surface area contributed by atoms with Crippen LogP contribution in [-0.4, -0.2) is 13.1 Å². The quantitative estimate of drug-likeness (QED) is 0.704. The highest BCUT2D eigenvalue weighted by Crippen LogP contribution is 2.32. The van der Waals surface area contributed by atoms with Gasteiger partial charge >= 0.3 is 5.63 Å². The molecule has 0 unspecified atom stereocenters. The molecule has 88 valence electrons. The lowest BCUT2D eigenvalue weighted by Crippen LogP contribution is -2.19. The first-order valence-corrected chi connectivity index (χ1v) is 6.01. The van der Waals surface area contributed by atoms with Crippen molar-refractivity contribution in [2.45, 2.75) is 20.3 Å². The zero-order valence-electron chi connectivity index (χ0n) is 10.1. The van der Waals surface area contributed by atoms with Gasteiger partial charge in [-0.05, 0) is 37.5 Å². The second-order valence-corrected chi connectivity index (χ2v) is 4.56. The average Bonchev–Trinajstić information content (AvgIpc) is 2.68. The van der Waals surface area contributed by atoms with Gasteiger partial charge in [-0.25, -0.2) is 4.79 Å². The fraction of sp³-hybridized carbons (Fsp3) is 0.357. The molecule has 0 N–H and O–H groups in total. The highest BCUT2D eigenvalue weighted by Gasteiger charge is 2.19. The second kappa shape index (κ2) is 3.62. The van der Waals surface area contributed by atoms with Gasteiger partial charge in [0.25, 0.3) is 0 Å². The molecule has 17 heavy (non-hydrogen) atoms. The number of hydrogen-bond donors (Lipinski definition) is 0. The summed E-state index contributed by atoms with van der Waals surface area (Å²) in [5.74, 6) is 0. The Kier molecular flexibility index (Phi) is 2.21. The summed E-state index contributed by atoms with van der Waals surface area (Å²) in [6, 6.07) is 5.73. The molecule has 0 radical (unpaired) electrons. The fourth-order valence-corrected chi connectivity index (χ4v) is 2.60. The summed E-state index contributed by atoms with van der Waals surface area (Å²) >= 11 is 0. The first-order valence-electron chi connectivity index (χ1n) is 6.01. The lowest BCUT2D eigenvalue weighted by atomic mass is 10.1. The summed E-state index contributed by atoms with van der Waals surface area (Å²) in [4.78, 5) is 13.7. The van der Waals surface area contributed by atoms with E-state index < -0.39 is 0 Å². The largest absolute Gasteiger partial charge is 0.423 e. The molecule has 1 aliphatic rings. The monoisotopic (exact) mass is 229 g/mol. The number of fused-ring (bicyclic) bond motifs is 2. The maximum atomic E-state index is 11.4. The van der Waals surface area contributed by atoms with Gasteiger partial charge in [-0.15, -0.1) is 0 Å². The van der Waals surface area contributed by atoms with Crippen LogP contribution in [0.2, 0.25) is 0 Å². The van der Waals surface area contributed by atoms with Crippen LogP contribution in [0.25, 0.3) is 11.0 Å². The lowest BCUT2D eigenvalue weighted by Gasteiger charge is -2.16. The van der Waals surface area contributed by atoms with Gasteiger partial charge in [-0.2, -0.15) is 0 Å². The van der Waals surface area contributed by atoms with Gasteiger partial charge in [0.2, 0.25) is 0 Å². The molecule has 1 aromatic carbocycles. The average molecular weight is 229 g/mol. The van der Waals surface area contributed by atoms with Gasteiger partial charge in [-0.1, -0.05) is 0 Å².